The zero-order valence-corrected chi connectivity index (χ0v) is 12.9. The van der Waals surface area contributed by atoms with E-state index >= 15 is 0 Å². The van der Waals surface area contributed by atoms with Crippen molar-refractivity contribution in [2.75, 3.05) is 0 Å². The van der Waals surface area contributed by atoms with Crippen molar-refractivity contribution >= 4 is 5.90 Å². The molecule has 1 aliphatic heterocycles. The fourth-order valence-corrected chi connectivity index (χ4v) is 2.59. The van der Waals surface area contributed by atoms with Crippen LogP contribution < -0.4 is 4.74 Å². The molecule has 24 heavy (non-hydrogen) atoms. The van der Waals surface area contributed by atoms with Crippen LogP contribution in [0.1, 0.15) is 18.1 Å². The summed E-state index contributed by atoms with van der Waals surface area (Å²) in [5.41, 5.74) is 3.44. The van der Waals surface area contributed by atoms with E-state index in [9.17, 15) is 0 Å². The Labute approximate surface area is 139 Å². The molecule has 0 radical (unpaired) electrons. The highest BCUT2D eigenvalue weighted by Gasteiger charge is 2.24. The average Bonchev–Trinajstić information content (AvgIpc) is 3.12. The van der Waals surface area contributed by atoms with E-state index in [2.05, 4.69) is 51.5 Å². The first-order chi connectivity index (χ1) is 11.9. The van der Waals surface area contributed by atoms with Gasteiger partial charge in [0.15, 0.2) is 11.9 Å². The molecule has 2 heterocycles. The first-order valence-corrected chi connectivity index (χ1v) is 7.69. The molecule has 5 heteroatoms. The van der Waals surface area contributed by atoms with Gasteiger partial charge in [-0.05, 0) is 16.7 Å². The monoisotopic (exact) mass is 317 g/mol. The standard InChI is InChI=1S/C19H15N3O2/c1-2-4-14(5-3-1)15-6-8-16(9-7-15)18-10-19(22-24-18)23-17-11-20-13-21-12-17/h1-9,11-13,18H,10H2/t18-/m1/s1. The zero-order chi connectivity index (χ0) is 16.2. The second-order valence-corrected chi connectivity index (χ2v) is 5.45. The van der Waals surface area contributed by atoms with Gasteiger partial charge in [-0.25, -0.2) is 9.97 Å². The highest BCUT2D eigenvalue weighted by atomic mass is 16.7. The summed E-state index contributed by atoms with van der Waals surface area (Å²) < 4.78 is 5.62. The number of benzene rings is 2. The molecule has 0 saturated heterocycles. The van der Waals surface area contributed by atoms with Crippen LogP contribution in [-0.2, 0) is 4.84 Å². The molecule has 4 rings (SSSR count). The predicted octanol–water partition coefficient (Wildman–Crippen LogP) is 4.00. The number of hydrogen-bond acceptors (Lipinski definition) is 5. The molecular weight excluding hydrogens is 302 g/mol. The van der Waals surface area contributed by atoms with Crippen LogP contribution in [0.25, 0.3) is 11.1 Å². The van der Waals surface area contributed by atoms with Gasteiger partial charge >= 0.3 is 0 Å². The summed E-state index contributed by atoms with van der Waals surface area (Å²) in [5, 5.41) is 4.01. The molecule has 0 saturated carbocycles. The van der Waals surface area contributed by atoms with Crippen molar-refractivity contribution in [3.8, 4) is 16.9 Å². The molecule has 0 aliphatic carbocycles. The molecule has 0 N–H and O–H groups in total. The van der Waals surface area contributed by atoms with Crippen molar-refractivity contribution in [2.45, 2.75) is 12.5 Å². The zero-order valence-electron chi connectivity index (χ0n) is 12.9. The van der Waals surface area contributed by atoms with E-state index in [0.717, 1.165) is 5.56 Å². The fourth-order valence-electron chi connectivity index (χ4n) is 2.59. The molecule has 1 aliphatic rings. The van der Waals surface area contributed by atoms with Crippen molar-refractivity contribution in [1.29, 1.82) is 0 Å². The van der Waals surface area contributed by atoms with E-state index in [1.54, 1.807) is 12.4 Å². The lowest BCUT2D eigenvalue weighted by atomic mass is 10.0. The number of nitrogens with zero attached hydrogens (tertiary/aromatic N) is 3. The fraction of sp³-hybridized carbons (Fsp3) is 0.105. The van der Waals surface area contributed by atoms with Gasteiger partial charge in [-0.3, -0.25) is 0 Å². The van der Waals surface area contributed by atoms with Crippen molar-refractivity contribution in [3.05, 3.63) is 78.9 Å². The molecule has 2 aromatic carbocycles. The Morgan fingerprint density at radius 1 is 0.875 bits per heavy atom. The number of hydrogen-bond donors (Lipinski definition) is 0. The Balaban J connectivity index is 1.43. The Hall–Kier alpha value is -3.21. The smallest absolute Gasteiger partial charge is 0.235 e. The van der Waals surface area contributed by atoms with Crippen LogP contribution in [0, 0.1) is 0 Å². The molecule has 0 fully saturated rings. The minimum absolute atomic E-state index is 0.130. The number of ether oxygens (including phenoxy) is 1. The maximum atomic E-state index is 5.62. The van der Waals surface area contributed by atoms with Gasteiger partial charge in [0.2, 0.25) is 5.90 Å². The minimum atomic E-state index is -0.130. The molecule has 5 nitrogen and oxygen atoms in total. The molecule has 1 atom stereocenters. The van der Waals surface area contributed by atoms with E-state index in [-0.39, 0.29) is 6.10 Å². The maximum absolute atomic E-state index is 5.62. The molecule has 0 bridgehead atoms. The normalized spacial score (nSPS) is 16.3. The van der Waals surface area contributed by atoms with E-state index in [1.165, 1.54) is 17.5 Å². The third-order valence-electron chi connectivity index (χ3n) is 3.80. The van der Waals surface area contributed by atoms with Crippen molar-refractivity contribution < 1.29 is 9.57 Å². The van der Waals surface area contributed by atoms with Gasteiger partial charge in [-0.15, -0.1) is 0 Å². The Bertz CT molecular complexity index is 834. The van der Waals surface area contributed by atoms with E-state index in [4.69, 9.17) is 9.57 Å². The molecule has 0 amide bonds. The Kier molecular flexibility index (Phi) is 3.90. The van der Waals surface area contributed by atoms with Gasteiger partial charge in [-0.1, -0.05) is 59.8 Å². The van der Waals surface area contributed by atoms with E-state index in [1.807, 2.05) is 18.2 Å². The first kappa shape index (κ1) is 14.4. The van der Waals surface area contributed by atoms with Crippen LogP contribution in [0.15, 0.2) is 78.5 Å². The van der Waals surface area contributed by atoms with Gasteiger partial charge < -0.3 is 9.57 Å². The summed E-state index contributed by atoms with van der Waals surface area (Å²) in [7, 11) is 0. The third-order valence-corrected chi connectivity index (χ3v) is 3.80. The van der Waals surface area contributed by atoms with Crippen molar-refractivity contribution in [2.24, 2.45) is 5.16 Å². The van der Waals surface area contributed by atoms with Crippen LogP contribution in [-0.4, -0.2) is 15.9 Å². The van der Waals surface area contributed by atoms with Crippen LogP contribution in [0.2, 0.25) is 0 Å². The molecule has 1 aromatic heterocycles. The average molecular weight is 317 g/mol. The highest BCUT2D eigenvalue weighted by Crippen LogP contribution is 2.29. The van der Waals surface area contributed by atoms with Gasteiger partial charge in [0.1, 0.15) is 6.33 Å². The van der Waals surface area contributed by atoms with Crippen LogP contribution >= 0.6 is 0 Å². The summed E-state index contributed by atoms with van der Waals surface area (Å²) in [4.78, 5) is 13.3. The lowest BCUT2D eigenvalue weighted by Gasteiger charge is -2.09. The lowest BCUT2D eigenvalue weighted by Crippen LogP contribution is -2.07. The maximum Gasteiger partial charge on any atom is 0.235 e. The van der Waals surface area contributed by atoms with Gasteiger partial charge in [0.25, 0.3) is 0 Å². The summed E-state index contributed by atoms with van der Waals surface area (Å²) in [5.74, 6) is 1.09. The predicted molar refractivity (Wildman–Crippen MR) is 90.4 cm³/mol. The Morgan fingerprint density at radius 3 is 2.33 bits per heavy atom. The van der Waals surface area contributed by atoms with E-state index < -0.39 is 0 Å². The number of rotatable bonds is 3. The summed E-state index contributed by atoms with van der Waals surface area (Å²) in [6.07, 6.45) is 5.10. The molecular formula is C19H15N3O2. The molecule has 118 valence electrons. The van der Waals surface area contributed by atoms with Crippen LogP contribution in [0.3, 0.4) is 0 Å². The number of oxime groups is 1. The lowest BCUT2D eigenvalue weighted by molar-refractivity contribution is 0.0855. The number of aromatic nitrogens is 2. The summed E-state index contributed by atoms with van der Waals surface area (Å²) >= 11 is 0. The minimum Gasteiger partial charge on any atom is -0.436 e. The molecule has 3 aromatic rings. The molecule has 0 unspecified atom stereocenters. The second kappa shape index (κ2) is 6.50. The van der Waals surface area contributed by atoms with Crippen LogP contribution in [0.4, 0.5) is 0 Å². The van der Waals surface area contributed by atoms with E-state index in [0.29, 0.717) is 18.1 Å². The summed E-state index contributed by atoms with van der Waals surface area (Å²) in [6.45, 7) is 0. The summed E-state index contributed by atoms with van der Waals surface area (Å²) in [6, 6.07) is 18.6. The van der Waals surface area contributed by atoms with Crippen molar-refractivity contribution in [3.63, 3.8) is 0 Å². The SMILES string of the molecule is c1ccc(-c2ccc([C@H]3CC(Oc4cncnc4)=NO3)cc2)cc1. The highest BCUT2D eigenvalue weighted by molar-refractivity contribution is 5.79. The van der Waals surface area contributed by atoms with Crippen molar-refractivity contribution in [1.82, 2.24) is 9.97 Å². The Morgan fingerprint density at radius 2 is 1.58 bits per heavy atom. The van der Waals surface area contributed by atoms with Crippen LogP contribution in [0.5, 0.6) is 5.75 Å². The second-order valence-electron chi connectivity index (χ2n) is 5.45. The van der Waals surface area contributed by atoms with Gasteiger partial charge in [0, 0.05) is 0 Å². The topological polar surface area (TPSA) is 56.6 Å². The van der Waals surface area contributed by atoms with Gasteiger partial charge in [-0.2, -0.15) is 0 Å². The van der Waals surface area contributed by atoms with Gasteiger partial charge in [0.05, 0.1) is 18.8 Å². The molecule has 0 spiro atoms. The quantitative estimate of drug-likeness (QED) is 0.732. The third kappa shape index (κ3) is 3.10. The largest absolute Gasteiger partial charge is 0.436 e. The first-order valence-electron chi connectivity index (χ1n) is 7.69.